The highest BCUT2D eigenvalue weighted by Crippen LogP contribution is 3.02. The van der Waals surface area contributed by atoms with Crippen molar-refractivity contribution in [1.82, 2.24) is 0 Å². The van der Waals surface area contributed by atoms with Gasteiger partial charge >= 0.3 is 10.2 Å². The minimum Gasteiger partial charge on any atom is -0.493 e. The minimum absolute atomic E-state index is 0.285. The molecule has 0 aromatic heterocycles. The summed E-state index contributed by atoms with van der Waals surface area (Å²) in [5.41, 5.74) is 1.11. The van der Waals surface area contributed by atoms with Gasteiger partial charge in [0.05, 0.1) is 7.11 Å². The van der Waals surface area contributed by atoms with Gasteiger partial charge in [0.2, 0.25) is 0 Å². The van der Waals surface area contributed by atoms with E-state index in [1.165, 1.54) is 7.11 Å². The summed E-state index contributed by atoms with van der Waals surface area (Å²) >= 11 is 0. The number of halogens is 5. The highest BCUT2D eigenvalue weighted by Gasteiger charge is 2.65. The molecular formula is C19H20F5NO2S. The predicted octanol–water partition coefficient (Wildman–Crippen LogP) is 7.04. The Balaban J connectivity index is 1.98. The summed E-state index contributed by atoms with van der Waals surface area (Å²) in [5, 5.41) is 2.83. The van der Waals surface area contributed by atoms with Gasteiger partial charge in [-0.25, -0.2) is 0 Å². The van der Waals surface area contributed by atoms with Gasteiger partial charge in [-0.15, -0.1) is 0 Å². The van der Waals surface area contributed by atoms with Crippen molar-refractivity contribution >= 4 is 22.0 Å². The fraction of sp³-hybridized carbons (Fsp3) is 0.158. The van der Waals surface area contributed by atoms with Crippen LogP contribution in [0.2, 0.25) is 0 Å². The molecule has 2 rings (SSSR count). The van der Waals surface area contributed by atoms with Gasteiger partial charge in [0.25, 0.3) is 0 Å². The van der Waals surface area contributed by atoms with Gasteiger partial charge in [-0.2, -0.15) is 0 Å². The van der Waals surface area contributed by atoms with Gasteiger partial charge in [-0.3, -0.25) is 0 Å². The van der Waals surface area contributed by atoms with Gasteiger partial charge in [0, 0.05) is 12.2 Å². The van der Waals surface area contributed by atoms with E-state index in [0.717, 1.165) is 17.7 Å². The van der Waals surface area contributed by atoms with Crippen LogP contribution in [0.5, 0.6) is 11.5 Å². The lowest BCUT2D eigenvalue weighted by Crippen LogP contribution is -2.06. The lowest BCUT2D eigenvalue weighted by molar-refractivity contribution is 0.326. The van der Waals surface area contributed by atoms with Crippen molar-refractivity contribution in [2.75, 3.05) is 25.6 Å². The second-order valence-electron chi connectivity index (χ2n) is 5.79. The van der Waals surface area contributed by atoms with E-state index in [-0.39, 0.29) is 6.54 Å². The van der Waals surface area contributed by atoms with Gasteiger partial charge in [-0.1, -0.05) is 50.3 Å². The second kappa shape index (κ2) is 7.38. The lowest BCUT2D eigenvalue weighted by Gasteiger charge is -2.40. The summed E-state index contributed by atoms with van der Waals surface area (Å²) in [5.74, 6) is 1.12. The molecule has 1 N–H and O–H groups in total. The fourth-order valence-corrected chi connectivity index (χ4v) is 2.91. The molecule has 0 aliphatic heterocycles. The van der Waals surface area contributed by atoms with E-state index in [2.05, 4.69) is 11.9 Å². The number of ether oxygens (including phenoxy) is 2. The van der Waals surface area contributed by atoms with Crippen molar-refractivity contribution in [2.45, 2.75) is 4.90 Å². The molecule has 0 amide bonds. The third-order valence-corrected chi connectivity index (χ3v) is 4.74. The highest BCUT2D eigenvalue weighted by molar-refractivity contribution is 8.45. The van der Waals surface area contributed by atoms with E-state index in [1.807, 2.05) is 0 Å². The van der Waals surface area contributed by atoms with Crippen molar-refractivity contribution in [2.24, 2.45) is 0 Å². The number of nitrogens with one attached hydrogen (secondary N) is 1. The number of rotatable bonds is 9. The molecule has 0 bridgehead atoms. The van der Waals surface area contributed by atoms with Crippen LogP contribution in [0.15, 0.2) is 66.1 Å². The standard InChI is InChI=1S/C19H20F5NO2S/c1-3-13-27-18-11-6-15(14-19(18)26-2)5-4-12-25-16-7-9-17(10-8-16)28(20,21,22,23)24/h3-11,14,25H,1,12-13H2,2H3/b5-4+. The normalized spacial score (nSPS) is 14.2. The maximum absolute atomic E-state index is 12.7. The quantitative estimate of drug-likeness (QED) is 0.348. The smallest absolute Gasteiger partial charge is 0.310 e. The van der Waals surface area contributed by atoms with Gasteiger partial charge in [-0.05, 0) is 42.0 Å². The SMILES string of the molecule is C=CCOc1ccc(/C=C/CNc2ccc(S(F)(F)(F)(F)F)cc2)cc1OC. The first-order valence-electron chi connectivity index (χ1n) is 8.09. The molecule has 0 aliphatic carbocycles. The van der Waals surface area contributed by atoms with Crippen molar-refractivity contribution in [3.05, 3.63) is 66.8 Å². The zero-order valence-corrected chi connectivity index (χ0v) is 15.8. The monoisotopic (exact) mass is 421 g/mol. The van der Waals surface area contributed by atoms with E-state index in [4.69, 9.17) is 9.47 Å². The van der Waals surface area contributed by atoms with Crippen LogP contribution in [0.1, 0.15) is 5.56 Å². The zero-order chi connectivity index (χ0) is 20.9. The molecule has 0 unspecified atom stereocenters. The number of methoxy groups -OCH3 is 1. The van der Waals surface area contributed by atoms with Gasteiger partial charge in [0.15, 0.2) is 11.5 Å². The zero-order valence-electron chi connectivity index (χ0n) is 15.0. The Labute approximate surface area is 160 Å². The number of anilines is 1. The van der Waals surface area contributed by atoms with Crippen LogP contribution in [0.4, 0.5) is 25.1 Å². The molecule has 0 atom stereocenters. The first-order valence-corrected chi connectivity index (χ1v) is 10.0. The Morgan fingerprint density at radius 3 is 2.25 bits per heavy atom. The van der Waals surface area contributed by atoms with E-state index in [1.54, 1.807) is 36.4 Å². The van der Waals surface area contributed by atoms with Crippen LogP contribution >= 0.6 is 10.2 Å². The topological polar surface area (TPSA) is 30.5 Å². The molecule has 2 aromatic carbocycles. The van der Waals surface area contributed by atoms with Crippen molar-refractivity contribution in [3.8, 4) is 11.5 Å². The molecule has 28 heavy (non-hydrogen) atoms. The minimum atomic E-state index is -9.64. The van der Waals surface area contributed by atoms with E-state index in [9.17, 15) is 19.4 Å². The summed E-state index contributed by atoms with van der Waals surface area (Å²) < 4.78 is 74.1. The van der Waals surface area contributed by atoms with Crippen LogP contribution in [0.25, 0.3) is 6.08 Å². The second-order valence-corrected chi connectivity index (χ2v) is 8.20. The van der Waals surface area contributed by atoms with Gasteiger partial charge in [0.1, 0.15) is 11.5 Å². The molecule has 0 fully saturated rings. The molecule has 0 aliphatic rings. The van der Waals surface area contributed by atoms with Crippen LogP contribution in [-0.2, 0) is 0 Å². The van der Waals surface area contributed by atoms with Crippen LogP contribution in [-0.4, -0.2) is 20.3 Å². The highest BCUT2D eigenvalue weighted by atomic mass is 32.5. The third-order valence-electron chi connectivity index (χ3n) is 3.58. The molecule has 0 radical (unpaired) electrons. The molecular weight excluding hydrogens is 401 g/mol. The van der Waals surface area contributed by atoms with E-state index in [0.29, 0.717) is 35.9 Å². The van der Waals surface area contributed by atoms with Crippen LogP contribution < -0.4 is 14.8 Å². The number of hydrogen-bond donors (Lipinski definition) is 1. The largest absolute Gasteiger partial charge is 0.493 e. The Hall–Kier alpha value is -2.68. The van der Waals surface area contributed by atoms with E-state index >= 15 is 0 Å². The van der Waals surface area contributed by atoms with Gasteiger partial charge < -0.3 is 14.8 Å². The summed E-state index contributed by atoms with van der Waals surface area (Å²) in [6.07, 6.45) is 5.12. The summed E-state index contributed by atoms with van der Waals surface area (Å²) in [4.78, 5) is -1.91. The van der Waals surface area contributed by atoms with Crippen LogP contribution in [0.3, 0.4) is 0 Å². The Kier molecular flexibility index (Phi) is 5.70. The maximum atomic E-state index is 12.7. The maximum Gasteiger partial charge on any atom is 0.310 e. The molecule has 154 valence electrons. The molecule has 2 aromatic rings. The summed E-state index contributed by atoms with van der Waals surface area (Å²) in [6.45, 7) is 4.20. The van der Waals surface area contributed by atoms with Crippen molar-refractivity contribution in [1.29, 1.82) is 0 Å². The molecule has 9 heteroatoms. The van der Waals surface area contributed by atoms with E-state index < -0.39 is 15.1 Å². The lowest BCUT2D eigenvalue weighted by atomic mass is 10.2. The Bertz CT molecular complexity index is 865. The predicted molar refractivity (Wildman–Crippen MR) is 104 cm³/mol. The average Bonchev–Trinajstić information content (AvgIpc) is 2.62. The summed E-state index contributed by atoms with van der Waals surface area (Å²) in [6, 6.07) is 8.00. The number of hydrogen-bond acceptors (Lipinski definition) is 3. The summed E-state index contributed by atoms with van der Waals surface area (Å²) in [7, 11) is -8.12. The molecule has 0 saturated carbocycles. The molecule has 0 heterocycles. The Morgan fingerprint density at radius 2 is 1.68 bits per heavy atom. The number of benzene rings is 2. The average molecular weight is 421 g/mol. The first kappa shape index (κ1) is 21.6. The van der Waals surface area contributed by atoms with Crippen LogP contribution in [0, 0.1) is 0 Å². The first-order chi connectivity index (χ1) is 12.9. The fourth-order valence-electron chi connectivity index (χ4n) is 2.26. The Morgan fingerprint density at radius 1 is 1.00 bits per heavy atom. The van der Waals surface area contributed by atoms with Crippen molar-refractivity contribution in [3.63, 3.8) is 0 Å². The van der Waals surface area contributed by atoms with Crippen molar-refractivity contribution < 1.29 is 28.9 Å². The molecule has 0 spiro atoms. The third kappa shape index (κ3) is 6.19. The molecule has 3 nitrogen and oxygen atoms in total. The molecule has 0 saturated heterocycles.